The van der Waals surface area contributed by atoms with Gasteiger partial charge in [0.2, 0.25) is 0 Å². The van der Waals surface area contributed by atoms with Crippen molar-refractivity contribution in [2.24, 2.45) is 5.73 Å². The Bertz CT molecular complexity index is 1240. The number of nitrogens with one attached hydrogen (secondary N) is 1. The maximum atomic E-state index is 14.9. The number of ether oxygens (including phenoxy) is 1. The predicted octanol–water partition coefficient (Wildman–Crippen LogP) is 4.64. The van der Waals surface area contributed by atoms with E-state index in [4.69, 9.17) is 10.5 Å². The van der Waals surface area contributed by atoms with Crippen LogP contribution in [0.2, 0.25) is 0 Å². The SMILES string of the molecule is CCC(C)N1CCOc2c(F)cc(-c3nc(Cc4ccc(NC(N)=O)c(F)c4)ncc3F)cc21. The molecule has 0 radical (unpaired) electrons. The Labute approximate surface area is 194 Å². The lowest BCUT2D eigenvalue weighted by Crippen LogP contribution is -2.39. The zero-order valence-corrected chi connectivity index (χ0v) is 18.7. The Morgan fingerprint density at radius 2 is 2.00 bits per heavy atom. The molecule has 4 rings (SSSR count). The van der Waals surface area contributed by atoms with Crippen molar-refractivity contribution in [1.82, 2.24) is 9.97 Å². The number of nitrogens with zero attached hydrogens (tertiary/aromatic N) is 3. The Morgan fingerprint density at radius 1 is 1.21 bits per heavy atom. The first-order valence-electron chi connectivity index (χ1n) is 10.9. The summed E-state index contributed by atoms with van der Waals surface area (Å²) in [6.07, 6.45) is 1.95. The molecule has 1 aliphatic heterocycles. The molecule has 7 nitrogen and oxygen atoms in total. The summed E-state index contributed by atoms with van der Waals surface area (Å²) in [6, 6.07) is 6.26. The second kappa shape index (κ2) is 9.58. The zero-order valence-electron chi connectivity index (χ0n) is 18.7. The molecule has 0 bridgehead atoms. The standard InChI is InChI=1S/C24H24F3N5O2/c1-3-13(2)32-6-7-34-23-17(26)10-15(11-20(23)32)22-18(27)12-29-21(31-22)9-14-4-5-19(16(25)8-14)30-24(28)33/h4-5,8,10-13H,3,6-7,9H2,1-2H3,(H3,28,30,33). The third-order valence-electron chi connectivity index (χ3n) is 5.76. The van der Waals surface area contributed by atoms with Gasteiger partial charge in [-0.25, -0.2) is 27.9 Å². The summed E-state index contributed by atoms with van der Waals surface area (Å²) in [4.78, 5) is 21.3. The molecule has 1 atom stereocenters. The number of carbonyl (C=O) groups is 1. The molecule has 3 N–H and O–H groups in total. The summed E-state index contributed by atoms with van der Waals surface area (Å²) >= 11 is 0. The molecular weight excluding hydrogens is 447 g/mol. The van der Waals surface area contributed by atoms with Crippen LogP contribution in [-0.4, -0.2) is 35.2 Å². The minimum Gasteiger partial charge on any atom is -0.486 e. The van der Waals surface area contributed by atoms with Crippen LogP contribution in [-0.2, 0) is 6.42 Å². The Hall–Kier alpha value is -3.82. The van der Waals surface area contributed by atoms with Crippen molar-refractivity contribution in [2.75, 3.05) is 23.4 Å². The fourth-order valence-electron chi connectivity index (χ4n) is 3.89. The molecule has 0 fully saturated rings. The number of rotatable bonds is 6. The molecule has 1 aromatic heterocycles. The lowest BCUT2D eigenvalue weighted by atomic mass is 10.1. The van der Waals surface area contributed by atoms with Gasteiger partial charge in [0.15, 0.2) is 17.4 Å². The summed E-state index contributed by atoms with van der Waals surface area (Å²) in [7, 11) is 0. The third-order valence-corrected chi connectivity index (χ3v) is 5.76. The number of aromatic nitrogens is 2. The number of hydrogen-bond acceptors (Lipinski definition) is 5. The predicted molar refractivity (Wildman–Crippen MR) is 122 cm³/mol. The number of carbonyl (C=O) groups excluding carboxylic acids is 1. The topological polar surface area (TPSA) is 93.4 Å². The van der Waals surface area contributed by atoms with Gasteiger partial charge in [0, 0.05) is 18.0 Å². The van der Waals surface area contributed by atoms with Gasteiger partial charge in [-0.1, -0.05) is 13.0 Å². The molecule has 10 heteroatoms. The van der Waals surface area contributed by atoms with Crippen LogP contribution in [0.5, 0.6) is 5.75 Å². The minimum absolute atomic E-state index is 0.0606. The number of amides is 2. The number of urea groups is 1. The van der Waals surface area contributed by atoms with E-state index in [2.05, 4.69) is 15.3 Å². The average Bonchev–Trinajstić information content (AvgIpc) is 2.81. The molecule has 0 aliphatic carbocycles. The molecule has 34 heavy (non-hydrogen) atoms. The van der Waals surface area contributed by atoms with E-state index in [-0.39, 0.29) is 41.0 Å². The van der Waals surface area contributed by atoms with Crippen LogP contribution in [0.15, 0.2) is 36.5 Å². The van der Waals surface area contributed by atoms with Gasteiger partial charge >= 0.3 is 6.03 Å². The van der Waals surface area contributed by atoms with Gasteiger partial charge < -0.3 is 20.7 Å². The number of fused-ring (bicyclic) bond motifs is 1. The Balaban J connectivity index is 1.67. The van der Waals surface area contributed by atoms with Crippen molar-refractivity contribution >= 4 is 17.4 Å². The van der Waals surface area contributed by atoms with Crippen LogP contribution in [0.3, 0.4) is 0 Å². The quantitative estimate of drug-likeness (QED) is 0.546. The summed E-state index contributed by atoms with van der Waals surface area (Å²) in [5, 5.41) is 2.18. The molecule has 3 aromatic rings. The lowest BCUT2D eigenvalue weighted by Gasteiger charge is -2.36. The first kappa shape index (κ1) is 23.3. The molecule has 0 saturated heterocycles. The smallest absolute Gasteiger partial charge is 0.316 e. The number of primary amides is 1. The van der Waals surface area contributed by atoms with Crippen molar-refractivity contribution in [2.45, 2.75) is 32.7 Å². The Kier molecular flexibility index (Phi) is 6.58. The first-order chi connectivity index (χ1) is 16.3. The molecular formula is C24H24F3N5O2. The fraction of sp³-hybridized carbons (Fsp3) is 0.292. The molecule has 2 amide bonds. The average molecular weight is 471 g/mol. The van der Waals surface area contributed by atoms with E-state index in [1.165, 1.54) is 18.2 Å². The van der Waals surface area contributed by atoms with Gasteiger partial charge in [-0.05, 0) is 43.2 Å². The van der Waals surface area contributed by atoms with E-state index in [0.717, 1.165) is 12.6 Å². The number of benzene rings is 2. The molecule has 2 heterocycles. The minimum atomic E-state index is -0.882. The molecule has 0 saturated carbocycles. The largest absolute Gasteiger partial charge is 0.486 e. The van der Waals surface area contributed by atoms with Gasteiger partial charge in [0.25, 0.3) is 0 Å². The van der Waals surface area contributed by atoms with Crippen LogP contribution in [0.4, 0.5) is 29.3 Å². The molecule has 2 aromatic carbocycles. The highest BCUT2D eigenvalue weighted by Crippen LogP contribution is 2.39. The molecule has 178 valence electrons. The van der Waals surface area contributed by atoms with Crippen molar-refractivity contribution in [1.29, 1.82) is 0 Å². The molecule has 1 aliphatic rings. The second-order valence-corrected chi connectivity index (χ2v) is 8.07. The van der Waals surface area contributed by atoms with Gasteiger partial charge in [-0.15, -0.1) is 0 Å². The second-order valence-electron chi connectivity index (χ2n) is 8.07. The van der Waals surface area contributed by atoms with E-state index < -0.39 is 23.5 Å². The van der Waals surface area contributed by atoms with Crippen LogP contribution in [0.1, 0.15) is 31.7 Å². The van der Waals surface area contributed by atoms with Crippen molar-refractivity contribution < 1.29 is 22.7 Å². The van der Waals surface area contributed by atoms with E-state index >= 15 is 0 Å². The number of anilines is 2. The lowest BCUT2D eigenvalue weighted by molar-refractivity contribution is 0.259. The van der Waals surface area contributed by atoms with Crippen LogP contribution in [0.25, 0.3) is 11.3 Å². The Morgan fingerprint density at radius 3 is 2.71 bits per heavy atom. The summed E-state index contributed by atoms with van der Waals surface area (Å²) < 4.78 is 49.4. The monoisotopic (exact) mass is 471 g/mol. The maximum absolute atomic E-state index is 14.9. The van der Waals surface area contributed by atoms with E-state index in [0.29, 0.717) is 24.4 Å². The van der Waals surface area contributed by atoms with Crippen LogP contribution >= 0.6 is 0 Å². The van der Waals surface area contributed by atoms with Crippen molar-refractivity contribution in [3.8, 4) is 17.0 Å². The number of hydrogen-bond donors (Lipinski definition) is 2. The first-order valence-corrected chi connectivity index (χ1v) is 10.9. The summed E-state index contributed by atoms with van der Waals surface area (Å²) in [5.41, 5.74) is 6.20. The maximum Gasteiger partial charge on any atom is 0.316 e. The zero-order chi connectivity index (χ0) is 24.4. The van der Waals surface area contributed by atoms with Crippen LogP contribution < -0.4 is 20.7 Å². The molecule has 0 spiro atoms. The van der Waals surface area contributed by atoms with Crippen LogP contribution in [0, 0.1) is 17.5 Å². The van der Waals surface area contributed by atoms with E-state index in [1.54, 1.807) is 12.1 Å². The third kappa shape index (κ3) is 4.75. The van der Waals surface area contributed by atoms with Gasteiger partial charge in [-0.2, -0.15) is 0 Å². The van der Waals surface area contributed by atoms with E-state index in [1.807, 2.05) is 18.7 Å². The fourth-order valence-corrected chi connectivity index (χ4v) is 3.89. The van der Waals surface area contributed by atoms with Gasteiger partial charge in [0.05, 0.1) is 24.1 Å². The van der Waals surface area contributed by atoms with Crippen molar-refractivity contribution in [3.63, 3.8) is 0 Å². The van der Waals surface area contributed by atoms with Crippen molar-refractivity contribution in [3.05, 3.63) is 65.4 Å². The molecule has 1 unspecified atom stereocenters. The highest BCUT2D eigenvalue weighted by atomic mass is 19.1. The summed E-state index contributed by atoms with van der Waals surface area (Å²) in [6.45, 7) is 5.03. The van der Waals surface area contributed by atoms with E-state index in [9.17, 15) is 18.0 Å². The highest BCUT2D eigenvalue weighted by molar-refractivity contribution is 5.87. The summed E-state index contributed by atoms with van der Waals surface area (Å²) in [5.74, 6) is -1.62. The van der Waals surface area contributed by atoms with Gasteiger partial charge in [-0.3, -0.25) is 0 Å². The number of nitrogens with two attached hydrogens (primary N) is 1. The number of halogens is 3. The highest BCUT2D eigenvalue weighted by Gasteiger charge is 2.26. The normalized spacial score (nSPS) is 13.7. The van der Waals surface area contributed by atoms with Gasteiger partial charge in [0.1, 0.15) is 23.9 Å².